The maximum Gasteiger partial charge on any atom is 0.277 e. The number of amidine groups is 1. The van der Waals surface area contributed by atoms with Crippen LogP contribution in [0.1, 0.15) is 57.9 Å². The van der Waals surface area contributed by atoms with E-state index < -0.39 is 0 Å². The van der Waals surface area contributed by atoms with Crippen LogP contribution >= 0.6 is 0 Å². The molecule has 0 saturated carbocycles. The Kier molecular flexibility index (Phi) is 7.32. The van der Waals surface area contributed by atoms with Crippen LogP contribution in [0.15, 0.2) is 47.3 Å². The number of nitrogen functional groups attached to an aromatic ring is 1. The number of nitrogens with two attached hydrogens (primary N) is 1. The van der Waals surface area contributed by atoms with Crippen molar-refractivity contribution in [2.45, 2.75) is 71.0 Å². The summed E-state index contributed by atoms with van der Waals surface area (Å²) in [6, 6.07) is 13.5. The molecule has 1 aliphatic heterocycles. The maximum atomic E-state index is 13.5. The molecule has 7 nitrogen and oxygen atoms in total. The normalized spacial score (nSPS) is 18.9. The zero-order valence-corrected chi connectivity index (χ0v) is 20.1. The van der Waals surface area contributed by atoms with Gasteiger partial charge in [-0.2, -0.15) is 0 Å². The molecule has 1 aliphatic rings. The van der Waals surface area contributed by atoms with Crippen LogP contribution in [-0.2, 0) is 6.54 Å². The van der Waals surface area contributed by atoms with Gasteiger partial charge in [-0.15, -0.1) is 0 Å². The number of para-hydroxylation sites is 2. The highest BCUT2D eigenvalue weighted by atomic mass is 16.3. The summed E-state index contributed by atoms with van der Waals surface area (Å²) in [5.41, 5.74) is 7.78. The van der Waals surface area contributed by atoms with Gasteiger partial charge in [0, 0.05) is 29.8 Å². The lowest BCUT2D eigenvalue weighted by atomic mass is 9.97. The monoisotopic (exact) mass is 463 g/mol. The Morgan fingerprint density at radius 3 is 2.53 bits per heavy atom. The minimum Gasteiger partial charge on any atom is -0.507 e. The van der Waals surface area contributed by atoms with Crippen LogP contribution in [-0.4, -0.2) is 44.0 Å². The number of piperidine rings is 1. The van der Waals surface area contributed by atoms with Crippen molar-refractivity contribution in [1.29, 1.82) is 5.41 Å². The molecule has 0 aliphatic carbocycles. The van der Waals surface area contributed by atoms with Crippen molar-refractivity contribution >= 4 is 16.9 Å². The van der Waals surface area contributed by atoms with E-state index in [0.29, 0.717) is 35.3 Å². The van der Waals surface area contributed by atoms with Gasteiger partial charge < -0.3 is 15.4 Å². The fraction of sp³-hybridized carbons (Fsp3) is 0.444. The zero-order chi connectivity index (χ0) is 24.2. The first kappa shape index (κ1) is 24.0. The summed E-state index contributed by atoms with van der Waals surface area (Å²) in [6.07, 6.45) is 6.93. The van der Waals surface area contributed by atoms with Gasteiger partial charge in [0.2, 0.25) is 0 Å². The molecule has 2 heterocycles. The predicted molar refractivity (Wildman–Crippen MR) is 137 cm³/mol. The number of hydrogen-bond acceptors (Lipinski definition) is 5. The molecule has 2 aromatic carbocycles. The van der Waals surface area contributed by atoms with Gasteiger partial charge in [-0.1, -0.05) is 25.0 Å². The summed E-state index contributed by atoms with van der Waals surface area (Å²) in [7, 11) is 0. The summed E-state index contributed by atoms with van der Waals surface area (Å²) in [5, 5.41) is 18.2. The Morgan fingerprint density at radius 2 is 1.79 bits per heavy atom. The lowest BCUT2D eigenvalue weighted by molar-refractivity contribution is 0.101. The molecule has 7 heteroatoms. The van der Waals surface area contributed by atoms with Crippen LogP contribution < -0.4 is 11.3 Å². The maximum absolute atomic E-state index is 13.5. The van der Waals surface area contributed by atoms with Gasteiger partial charge in [-0.25, -0.2) is 4.98 Å². The highest BCUT2D eigenvalue weighted by molar-refractivity contribution is 5.96. The van der Waals surface area contributed by atoms with Crippen molar-refractivity contribution < 1.29 is 5.11 Å². The molecule has 180 valence electrons. The molecule has 4 N–H and O–H groups in total. The first-order valence-electron chi connectivity index (χ1n) is 12.3. The number of aromatic nitrogens is 2. The number of phenols is 1. The zero-order valence-electron chi connectivity index (χ0n) is 20.1. The fourth-order valence-electron chi connectivity index (χ4n) is 5.14. The van der Waals surface area contributed by atoms with Crippen LogP contribution in [0.5, 0.6) is 5.75 Å². The van der Waals surface area contributed by atoms with E-state index in [0.717, 1.165) is 31.3 Å². The topological polar surface area (TPSA) is 108 Å². The first-order chi connectivity index (χ1) is 16.4. The largest absolute Gasteiger partial charge is 0.507 e. The number of aryl methyl sites for hydroxylation is 1. The molecular weight excluding hydrogens is 428 g/mol. The Balaban J connectivity index is 1.56. The molecule has 0 spiro atoms. The molecular formula is C27H35N5O2. The van der Waals surface area contributed by atoms with Crippen molar-refractivity contribution in [3.63, 3.8) is 0 Å². The highest BCUT2D eigenvalue weighted by Gasteiger charge is 2.23. The number of rotatable bonds is 8. The van der Waals surface area contributed by atoms with Gasteiger partial charge in [0.05, 0.1) is 11.0 Å². The minimum absolute atomic E-state index is 0.0544. The molecule has 4 rings (SSSR count). The molecule has 0 unspecified atom stereocenters. The number of benzene rings is 2. The van der Waals surface area contributed by atoms with Gasteiger partial charge in [0.1, 0.15) is 17.3 Å². The molecule has 0 radical (unpaired) electrons. The number of unbranched alkanes of at least 4 members (excludes halogenated alkanes) is 2. The third-order valence-electron chi connectivity index (χ3n) is 7.09. The van der Waals surface area contributed by atoms with Gasteiger partial charge >= 0.3 is 0 Å². The van der Waals surface area contributed by atoms with E-state index in [4.69, 9.17) is 11.1 Å². The Bertz CT molecular complexity index is 1230. The molecule has 0 amide bonds. The number of nitrogens with zero attached hydrogens (tertiary/aromatic N) is 3. The van der Waals surface area contributed by atoms with Crippen molar-refractivity contribution in [2.24, 2.45) is 5.73 Å². The molecule has 1 fully saturated rings. The number of likely N-dealkylation sites (tertiary alicyclic amines) is 1. The van der Waals surface area contributed by atoms with E-state index in [-0.39, 0.29) is 22.8 Å². The minimum atomic E-state index is -0.243. The second kappa shape index (κ2) is 10.4. The van der Waals surface area contributed by atoms with E-state index in [9.17, 15) is 9.90 Å². The van der Waals surface area contributed by atoms with Crippen molar-refractivity contribution in [3.05, 3.63) is 58.4 Å². The van der Waals surface area contributed by atoms with Crippen LogP contribution in [0.4, 0.5) is 0 Å². The van der Waals surface area contributed by atoms with Crippen molar-refractivity contribution in [3.8, 4) is 17.0 Å². The summed E-state index contributed by atoms with van der Waals surface area (Å²) in [4.78, 5) is 20.7. The van der Waals surface area contributed by atoms with Crippen molar-refractivity contribution in [1.82, 2.24) is 14.5 Å². The lowest BCUT2D eigenvalue weighted by Gasteiger charge is -2.39. The quantitative estimate of drug-likeness (QED) is 0.259. The standard InChI is InChI=1S/C27H35N5O2/c1-18-9-8-10-19(2)31(18)15-6-3-7-16-32-23-12-5-4-11-22(23)30-25(27(32)34)21-17-20(26(28)29)13-14-24(21)33/h4-5,11-14,17-19,33H,3,6-10,15-16H2,1-2H3,(H3,28,29)/t18-,19+/i26+2. The second-order valence-electron chi connectivity index (χ2n) is 9.48. The van der Waals surface area contributed by atoms with Gasteiger partial charge in [-0.3, -0.25) is 15.1 Å². The van der Waals surface area contributed by atoms with Crippen molar-refractivity contribution in [2.75, 3.05) is 6.54 Å². The van der Waals surface area contributed by atoms with Crippen LogP contribution in [0.3, 0.4) is 0 Å². The molecule has 3 aromatic rings. The average molecular weight is 464 g/mol. The SMILES string of the molecule is C[C@@H]1CCC[C@H](C)N1CCCCCn1c(=O)c(-c2cc([14C](=N)N)ccc2O)nc2ccccc21. The smallest absolute Gasteiger partial charge is 0.277 e. The average Bonchev–Trinajstić information content (AvgIpc) is 2.81. The Labute approximate surface area is 200 Å². The van der Waals surface area contributed by atoms with Crippen LogP contribution in [0.2, 0.25) is 0 Å². The molecule has 2 atom stereocenters. The van der Waals surface area contributed by atoms with E-state index in [1.54, 1.807) is 16.7 Å². The van der Waals surface area contributed by atoms with Crippen LogP contribution in [0, 0.1) is 5.41 Å². The summed E-state index contributed by atoms with van der Waals surface area (Å²) < 4.78 is 1.77. The molecule has 34 heavy (non-hydrogen) atoms. The van der Waals surface area contributed by atoms with E-state index in [2.05, 4.69) is 23.7 Å². The van der Waals surface area contributed by atoms with Gasteiger partial charge in [-0.05, 0) is 76.4 Å². The van der Waals surface area contributed by atoms with E-state index in [1.807, 2.05) is 24.3 Å². The molecule has 1 aromatic heterocycles. The van der Waals surface area contributed by atoms with Crippen LogP contribution in [0.25, 0.3) is 22.3 Å². The molecule has 1 saturated heterocycles. The Morgan fingerprint density at radius 1 is 1.09 bits per heavy atom. The van der Waals surface area contributed by atoms with Gasteiger partial charge in [0.15, 0.2) is 0 Å². The third kappa shape index (κ3) is 4.99. The van der Waals surface area contributed by atoms with E-state index >= 15 is 0 Å². The highest BCUT2D eigenvalue weighted by Crippen LogP contribution is 2.28. The predicted octanol–water partition coefficient (Wildman–Crippen LogP) is 4.49. The summed E-state index contributed by atoms with van der Waals surface area (Å²) in [5.74, 6) is -0.180. The number of fused-ring (bicyclic) bond motifs is 1. The van der Waals surface area contributed by atoms with Gasteiger partial charge in [0.25, 0.3) is 5.56 Å². The fourth-order valence-corrected chi connectivity index (χ4v) is 5.14. The number of phenolic OH excluding ortho intramolecular Hbond substituents is 1. The summed E-state index contributed by atoms with van der Waals surface area (Å²) in [6.45, 7) is 6.35. The number of aromatic hydroxyl groups is 1. The first-order valence-corrected chi connectivity index (χ1v) is 12.3. The van der Waals surface area contributed by atoms with E-state index in [1.165, 1.54) is 25.3 Å². The molecule has 0 bridgehead atoms. The number of nitrogens with one attached hydrogen (secondary N) is 1. The second-order valence-corrected chi connectivity index (χ2v) is 9.48. The lowest BCUT2D eigenvalue weighted by Crippen LogP contribution is -2.44. The number of hydrogen-bond donors (Lipinski definition) is 3. The third-order valence-corrected chi connectivity index (χ3v) is 7.09. The Hall–Kier alpha value is -3.19. The summed E-state index contributed by atoms with van der Waals surface area (Å²) >= 11 is 0.